The van der Waals surface area contributed by atoms with Gasteiger partial charge in [0.1, 0.15) is 0 Å². The smallest absolute Gasteiger partial charge is 0.368 e. The highest BCUT2D eigenvalue weighted by molar-refractivity contribution is 5.94. The number of rotatable bonds is 4. The fraction of sp³-hybridized carbons (Fsp3) is 0.480. The number of carbonyl (C=O) groups is 1. The normalized spacial score (nSPS) is 20.4. The molecule has 172 valence electrons. The second-order valence-corrected chi connectivity index (χ2v) is 9.01. The summed E-state index contributed by atoms with van der Waals surface area (Å²) in [5.41, 5.74) is 1.77. The number of halogens is 3. The van der Waals surface area contributed by atoms with E-state index in [0.29, 0.717) is 37.4 Å². The maximum Gasteiger partial charge on any atom is 0.416 e. The molecule has 2 saturated heterocycles. The van der Waals surface area contributed by atoms with E-state index in [1.165, 1.54) is 30.5 Å². The largest absolute Gasteiger partial charge is 0.416 e. The third-order valence-corrected chi connectivity index (χ3v) is 6.45. The van der Waals surface area contributed by atoms with Crippen molar-refractivity contribution < 1.29 is 18.0 Å². The van der Waals surface area contributed by atoms with E-state index in [4.69, 9.17) is 0 Å². The monoisotopic (exact) mass is 445 g/mol. The summed E-state index contributed by atoms with van der Waals surface area (Å²) < 4.78 is 39.0. The van der Waals surface area contributed by atoms with Gasteiger partial charge in [0.25, 0.3) is 5.91 Å². The molecule has 2 aliphatic heterocycles. The van der Waals surface area contributed by atoms with Crippen LogP contribution in [0.5, 0.6) is 0 Å². The lowest BCUT2D eigenvalue weighted by Crippen LogP contribution is -2.48. The van der Waals surface area contributed by atoms with Gasteiger partial charge in [0, 0.05) is 50.5 Å². The molecule has 0 bridgehead atoms. The van der Waals surface area contributed by atoms with Crippen molar-refractivity contribution in [3.05, 3.63) is 65.2 Å². The Morgan fingerprint density at radius 2 is 1.72 bits per heavy atom. The molecule has 2 aliphatic rings. The van der Waals surface area contributed by atoms with Crippen LogP contribution in [0.3, 0.4) is 0 Å². The molecule has 2 aromatic carbocycles. The summed E-state index contributed by atoms with van der Waals surface area (Å²) in [6.45, 7) is 7.45. The first-order valence-electron chi connectivity index (χ1n) is 11.3. The van der Waals surface area contributed by atoms with Gasteiger partial charge in [0.15, 0.2) is 0 Å². The number of piperazine rings is 1. The van der Waals surface area contributed by atoms with Gasteiger partial charge in [-0.1, -0.05) is 25.1 Å². The minimum Gasteiger partial charge on any atom is -0.368 e. The van der Waals surface area contributed by atoms with Crippen LogP contribution >= 0.6 is 0 Å². The Morgan fingerprint density at radius 3 is 2.38 bits per heavy atom. The number of nitrogens with zero attached hydrogens (tertiary/aromatic N) is 3. The molecule has 0 saturated carbocycles. The lowest BCUT2D eigenvalue weighted by atomic mass is 9.99. The summed E-state index contributed by atoms with van der Waals surface area (Å²) in [6.07, 6.45) is -1.82. The number of alkyl halides is 3. The number of likely N-dealkylation sites (tertiary alicyclic amines) is 1. The molecule has 0 aliphatic carbocycles. The number of benzene rings is 2. The van der Waals surface area contributed by atoms with Crippen molar-refractivity contribution in [3.63, 3.8) is 0 Å². The zero-order valence-corrected chi connectivity index (χ0v) is 18.4. The van der Waals surface area contributed by atoms with E-state index in [9.17, 15) is 18.0 Å². The summed E-state index contributed by atoms with van der Waals surface area (Å²) in [5.74, 6) is 0.714. The van der Waals surface area contributed by atoms with Crippen molar-refractivity contribution in [2.24, 2.45) is 5.92 Å². The van der Waals surface area contributed by atoms with Crippen LogP contribution in [0, 0.1) is 5.92 Å². The van der Waals surface area contributed by atoms with Crippen LogP contribution in [0.25, 0.3) is 0 Å². The molecule has 1 atom stereocenters. The van der Waals surface area contributed by atoms with Gasteiger partial charge in [0.05, 0.1) is 5.56 Å². The second-order valence-electron chi connectivity index (χ2n) is 9.01. The lowest BCUT2D eigenvalue weighted by Gasteiger charge is -2.36. The molecule has 2 fully saturated rings. The summed E-state index contributed by atoms with van der Waals surface area (Å²) in [4.78, 5) is 19.1. The Morgan fingerprint density at radius 1 is 1.00 bits per heavy atom. The third-order valence-electron chi connectivity index (χ3n) is 6.45. The predicted molar refractivity (Wildman–Crippen MR) is 120 cm³/mol. The maximum atomic E-state index is 13.0. The highest BCUT2D eigenvalue weighted by Gasteiger charge is 2.31. The van der Waals surface area contributed by atoms with Crippen LogP contribution in [-0.2, 0) is 12.7 Å². The van der Waals surface area contributed by atoms with E-state index in [-0.39, 0.29) is 5.91 Å². The van der Waals surface area contributed by atoms with Crippen LogP contribution in [0.4, 0.5) is 18.9 Å². The zero-order chi connectivity index (χ0) is 22.7. The van der Waals surface area contributed by atoms with Crippen molar-refractivity contribution >= 4 is 11.6 Å². The fourth-order valence-electron chi connectivity index (χ4n) is 4.67. The van der Waals surface area contributed by atoms with Gasteiger partial charge in [-0.15, -0.1) is 0 Å². The average molecular weight is 446 g/mol. The highest BCUT2D eigenvalue weighted by atomic mass is 19.4. The van der Waals surface area contributed by atoms with Crippen molar-refractivity contribution in [1.82, 2.24) is 9.80 Å². The van der Waals surface area contributed by atoms with Gasteiger partial charge >= 0.3 is 6.18 Å². The van der Waals surface area contributed by atoms with E-state index in [2.05, 4.69) is 11.8 Å². The Labute approximate surface area is 187 Å². The number of anilines is 1. The van der Waals surface area contributed by atoms with Gasteiger partial charge in [0.2, 0.25) is 0 Å². The van der Waals surface area contributed by atoms with Gasteiger partial charge in [-0.2, -0.15) is 13.2 Å². The number of piperidine rings is 1. The van der Waals surface area contributed by atoms with E-state index in [0.717, 1.165) is 31.6 Å². The Kier molecular flexibility index (Phi) is 6.74. The first-order valence-corrected chi connectivity index (χ1v) is 11.3. The molecule has 0 N–H and O–H groups in total. The SMILES string of the molecule is C[C@@H]1CCCN(Cc2ccc(C(=O)N3CCN(c4cccc(C(F)(F)F)c4)CC3)cc2)C1. The predicted octanol–water partition coefficient (Wildman–Crippen LogP) is 4.90. The molecule has 1 amide bonds. The number of hydrogen-bond acceptors (Lipinski definition) is 3. The molecule has 2 aromatic rings. The van der Waals surface area contributed by atoms with Crippen LogP contribution in [-0.4, -0.2) is 55.0 Å². The maximum absolute atomic E-state index is 13.0. The summed E-state index contributed by atoms with van der Waals surface area (Å²) in [7, 11) is 0. The molecule has 0 spiro atoms. The van der Waals surface area contributed by atoms with Crippen molar-refractivity contribution in [1.29, 1.82) is 0 Å². The standard InChI is InChI=1S/C25H30F3N3O/c1-19-4-3-11-29(17-19)18-20-7-9-21(10-8-20)24(32)31-14-12-30(13-15-31)23-6-2-5-22(16-23)25(26,27)28/h2,5-10,16,19H,3-4,11-15,17-18H2,1H3/t19-/m1/s1. The van der Waals surface area contributed by atoms with Gasteiger partial charge in [-0.25, -0.2) is 0 Å². The zero-order valence-electron chi connectivity index (χ0n) is 18.4. The van der Waals surface area contributed by atoms with E-state index in [1.54, 1.807) is 11.0 Å². The van der Waals surface area contributed by atoms with Crippen LogP contribution in [0.15, 0.2) is 48.5 Å². The number of carbonyl (C=O) groups excluding carboxylic acids is 1. The first kappa shape index (κ1) is 22.6. The molecule has 0 aromatic heterocycles. The topological polar surface area (TPSA) is 26.8 Å². The van der Waals surface area contributed by atoms with Crippen LogP contribution < -0.4 is 4.90 Å². The van der Waals surface area contributed by atoms with Crippen molar-refractivity contribution in [2.75, 3.05) is 44.2 Å². The van der Waals surface area contributed by atoms with Crippen LogP contribution in [0.1, 0.15) is 41.3 Å². The quantitative estimate of drug-likeness (QED) is 0.670. The van der Waals surface area contributed by atoms with Gasteiger partial charge in [-0.05, 0) is 61.2 Å². The number of amides is 1. The summed E-state index contributed by atoms with van der Waals surface area (Å²) >= 11 is 0. The highest BCUT2D eigenvalue weighted by Crippen LogP contribution is 2.32. The third kappa shape index (κ3) is 5.44. The lowest BCUT2D eigenvalue weighted by molar-refractivity contribution is -0.137. The molecule has 4 nitrogen and oxygen atoms in total. The molecule has 32 heavy (non-hydrogen) atoms. The minimum absolute atomic E-state index is 0.0214. The molecule has 0 unspecified atom stereocenters. The summed E-state index contributed by atoms with van der Waals surface area (Å²) in [6, 6.07) is 13.2. The molecular weight excluding hydrogens is 415 g/mol. The van der Waals surface area contributed by atoms with Gasteiger partial charge in [-0.3, -0.25) is 9.69 Å². The average Bonchev–Trinajstić information content (AvgIpc) is 2.79. The fourth-order valence-corrected chi connectivity index (χ4v) is 4.67. The van der Waals surface area contributed by atoms with Crippen molar-refractivity contribution in [3.8, 4) is 0 Å². The van der Waals surface area contributed by atoms with Gasteiger partial charge < -0.3 is 9.80 Å². The number of hydrogen-bond donors (Lipinski definition) is 0. The molecule has 0 radical (unpaired) electrons. The molecule has 7 heteroatoms. The first-order chi connectivity index (χ1) is 15.3. The molecular formula is C25H30F3N3O. The Balaban J connectivity index is 1.32. The van der Waals surface area contributed by atoms with E-state index < -0.39 is 11.7 Å². The van der Waals surface area contributed by atoms with E-state index >= 15 is 0 Å². The minimum atomic E-state index is -4.35. The second kappa shape index (κ2) is 9.53. The van der Waals surface area contributed by atoms with E-state index in [1.807, 2.05) is 29.2 Å². The Hall–Kier alpha value is -2.54. The molecule has 4 rings (SSSR count). The Bertz CT molecular complexity index is 921. The van der Waals surface area contributed by atoms with Crippen LogP contribution in [0.2, 0.25) is 0 Å². The molecule has 2 heterocycles. The summed E-state index contributed by atoms with van der Waals surface area (Å²) in [5, 5.41) is 0. The van der Waals surface area contributed by atoms with Crippen molar-refractivity contribution in [2.45, 2.75) is 32.5 Å².